The zero-order valence-corrected chi connectivity index (χ0v) is 21.6. The molecule has 0 aliphatic rings. The molecule has 0 aliphatic heterocycles. The normalized spacial score (nSPS) is 12.5. The van der Waals surface area contributed by atoms with Gasteiger partial charge in [-0.05, 0) is 42.8 Å². The molecular formula is C28H42N2O6. The number of carbonyl (C=O) groups excluding carboxylic acids is 1. The van der Waals surface area contributed by atoms with Gasteiger partial charge in [-0.25, -0.2) is 0 Å². The first-order valence-corrected chi connectivity index (χ1v) is 12.9. The molecule has 0 fully saturated rings. The highest BCUT2D eigenvalue weighted by Gasteiger charge is 2.16. The summed E-state index contributed by atoms with van der Waals surface area (Å²) in [6.45, 7) is 4.12. The molecule has 36 heavy (non-hydrogen) atoms. The number of para-hydroxylation sites is 2. The van der Waals surface area contributed by atoms with Crippen molar-refractivity contribution in [3.05, 3.63) is 48.5 Å². The maximum atomic E-state index is 11.7. The minimum atomic E-state index is -0.939. The summed E-state index contributed by atoms with van der Waals surface area (Å²) in [5, 5.41) is 13.4. The molecule has 2 aromatic carbocycles. The summed E-state index contributed by atoms with van der Waals surface area (Å²) in [5.74, 6) is 1.95. The highest BCUT2D eigenvalue weighted by atomic mass is 16.6. The molecule has 0 aromatic heterocycles. The number of benzene rings is 2. The van der Waals surface area contributed by atoms with Crippen LogP contribution in [0.3, 0.4) is 0 Å². The van der Waals surface area contributed by atoms with E-state index in [0.717, 1.165) is 19.3 Å². The van der Waals surface area contributed by atoms with Crippen LogP contribution in [-0.2, 0) is 4.79 Å². The van der Waals surface area contributed by atoms with Gasteiger partial charge in [0, 0.05) is 19.5 Å². The van der Waals surface area contributed by atoms with Crippen LogP contribution < -0.4 is 30.0 Å². The van der Waals surface area contributed by atoms with Crippen molar-refractivity contribution < 1.29 is 28.8 Å². The highest BCUT2D eigenvalue weighted by molar-refractivity contribution is 5.76. The molecule has 1 amide bonds. The largest absolute Gasteiger partial charge is 0.493 e. The summed E-state index contributed by atoms with van der Waals surface area (Å²) < 4.78 is 22.3. The summed E-state index contributed by atoms with van der Waals surface area (Å²) >= 11 is 0. The lowest BCUT2D eigenvalue weighted by molar-refractivity contribution is -0.122. The van der Waals surface area contributed by atoms with E-state index >= 15 is 0 Å². The molecule has 8 nitrogen and oxygen atoms in total. The zero-order valence-electron chi connectivity index (χ0n) is 21.6. The summed E-state index contributed by atoms with van der Waals surface area (Å²) in [4.78, 5) is 11.7. The van der Waals surface area contributed by atoms with Crippen LogP contribution in [0.5, 0.6) is 23.0 Å². The average molecular weight is 503 g/mol. The summed E-state index contributed by atoms with van der Waals surface area (Å²) in [5.41, 5.74) is 5.54. The predicted molar refractivity (Wildman–Crippen MR) is 141 cm³/mol. The number of amides is 1. The van der Waals surface area contributed by atoms with Crippen molar-refractivity contribution >= 4 is 5.91 Å². The van der Waals surface area contributed by atoms with Crippen molar-refractivity contribution in [1.29, 1.82) is 0 Å². The van der Waals surface area contributed by atoms with Gasteiger partial charge in [-0.15, -0.1) is 0 Å². The Bertz CT molecular complexity index is 861. The Kier molecular flexibility index (Phi) is 14.2. The summed E-state index contributed by atoms with van der Waals surface area (Å²) in [6.07, 6.45) is 5.91. The Hall–Kier alpha value is -2.97. The third kappa shape index (κ3) is 11.6. The molecular weight excluding hydrogens is 460 g/mol. The molecule has 2 rings (SSSR count). The highest BCUT2D eigenvalue weighted by Crippen LogP contribution is 2.25. The lowest BCUT2D eigenvalue weighted by Gasteiger charge is -2.16. The third-order valence-corrected chi connectivity index (χ3v) is 5.78. The lowest BCUT2D eigenvalue weighted by Crippen LogP contribution is -2.28. The molecule has 0 saturated carbocycles. The molecule has 4 N–H and O–H groups in total. The number of nitrogens with one attached hydrogen (secondary N) is 1. The molecule has 0 heterocycles. The number of hydrogen-bond acceptors (Lipinski definition) is 7. The number of nitrogens with two attached hydrogens (primary N) is 1. The molecule has 2 aromatic rings. The van der Waals surface area contributed by atoms with E-state index in [2.05, 4.69) is 12.2 Å². The van der Waals surface area contributed by atoms with Gasteiger partial charge >= 0.3 is 0 Å². The molecule has 0 aliphatic carbocycles. The number of methoxy groups -OCH3 is 1. The number of rotatable bonds is 20. The van der Waals surface area contributed by atoms with E-state index in [1.54, 1.807) is 31.4 Å². The fourth-order valence-electron chi connectivity index (χ4n) is 3.65. The Morgan fingerprint density at radius 2 is 1.61 bits per heavy atom. The smallest absolute Gasteiger partial charge is 0.223 e. The van der Waals surface area contributed by atoms with E-state index in [-0.39, 0.29) is 18.4 Å². The van der Waals surface area contributed by atoms with E-state index in [9.17, 15) is 9.90 Å². The van der Waals surface area contributed by atoms with Crippen molar-refractivity contribution in [2.45, 2.75) is 58.2 Å². The van der Waals surface area contributed by atoms with Gasteiger partial charge in [-0.1, -0.05) is 51.2 Å². The predicted octanol–water partition coefficient (Wildman–Crippen LogP) is 4.29. The van der Waals surface area contributed by atoms with Gasteiger partial charge < -0.3 is 35.1 Å². The Morgan fingerprint density at radius 3 is 2.31 bits per heavy atom. The van der Waals surface area contributed by atoms with Crippen molar-refractivity contribution in [2.75, 3.05) is 33.4 Å². The minimum absolute atomic E-state index is 0.262. The maximum absolute atomic E-state index is 11.7. The zero-order chi connectivity index (χ0) is 26.0. The molecule has 0 spiro atoms. The second-order valence-electron chi connectivity index (χ2n) is 8.70. The van der Waals surface area contributed by atoms with Crippen molar-refractivity contribution in [3.63, 3.8) is 0 Å². The lowest BCUT2D eigenvalue weighted by atomic mass is 10.0. The quantitative estimate of drug-likeness (QED) is 0.183. The third-order valence-electron chi connectivity index (χ3n) is 5.78. The summed E-state index contributed by atoms with van der Waals surface area (Å²) in [6, 6.07) is 14.5. The van der Waals surface area contributed by atoms with Gasteiger partial charge in [0.05, 0.1) is 19.6 Å². The Morgan fingerprint density at radius 1 is 0.917 bits per heavy atom. The number of aliphatic hydroxyl groups is 1. The number of aliphatic hydroxyl groups excluding tert-OH is 1. The van der Waals surface area contributed by atoms with Gasteiger partial charge in [-0.3, -0.25) is 4.79 Å². The number of primary amides is 1. The van der Waals surface area contributed by atoms with Crippen molar-refractivity contribution in [2.24, 2.45) is 11.7 Å². The molecule has 8 heteroatoms. The van der Waals surface area contributed by atoms with E-state index < -0.39 is 6.29 Å². The SMILES string of the molecule is CCCCCCCC(COc1ccc(OC(O)CCNCCOc2ccccc2OC)cc1)C(N)=O. The van der Waals surface area contributed by atoms with E-state index in [1.807, 2.05) is 24.3 Å². The van der Waals surface area contributed by atoms with E-state index in [4.69, 9.17) is 24.7 Å². The van der Waals surface area contributed by atoms with Crippen LogP contribution in [0, 0.1) is 5.92 Å². The first kappa shape index (κ1) is 29.3. The van der Waals surface area contributed by atoms with Crippen LogP contribution in [0.1, 0.15) is 51.9 Å². The fourth-order valence-corrected chi connectivity index (χ4v) is 3.65. The molecule has 0 bridgehead atoms. The second-order valence-corrected chi connectivity index (χ2v) is 8.70. The van der Waals surface area contributed by atoms with Crippen molar-refractivity contribution in [3.8, 4) is 23.0 Å². The number of ether oxygens (including phenoxy) is 4. The van der Waals surface area contributed by atoms with Crippen LogP contribution in [0.15, 0.2) is 48.5 Å². The van der Waals surface area contributed by atoms with Crippen LogP contribution in [-0.4, -0.2) is 50.7 Å². The number of hydrogen-bond donors (Lipinski definition) is 3. The Labute approximate surface area is 215 Å². The number of carbonyl (C=O) groups is 1. The van der Waals surface area contributed by atoms with Gasteiger partial charge in [0.15, 0.2) is 17.8 Å². The molecule has 2 atom stereocenters. The van der Waals surface area contributed by atoms with Gasteiger partial charge in [0.25, 0.3) is 0 Å². The second kappa shape index (κ2) is 17.5. The standard InChI is InChI=1S/C28H42N2O6/c1-3-4-5-6-7-10-22(28(29)32)21-35-23-13-15-24(16-14-23)36-27(31)17-18-30-19-20-34-26-12-9-8-11-25(26)33-2/h8-9,11-16,22,27,30-31H,3-7,10,17-21H2,1-2H3,(H2,29,32). The number of unbranched alkanes of at least 4 members (excludes halogenated alkanes) is 4. The van der Waals surface area contributed by atoms with Gasteiger partial charge in [0.2, 0.25) is 5.91 Å². The minimum Gasteiger partial charge on any atom is -0.493 e. The van der Waals surface area contributed by atoms with Gasteiger partial charge in [-0.2, -0.15) is 0 Å². The maximum Gasteiger partial charge on any atom is 0.223 e. The average Bonchev–Trinajstić information content (AvgIpc) is 2.88. The van der Waals surface area contributed by atoms with E-state index in [0.29, 0.717) is 49.1 Å². The van der Waals surface area contributed by atoms with Crippen LogP contribution in [0.4, 0.5) is 0 Å². The topological polar surface area (TPSA) is 112 Å². The molecule has 2 unspecified atom stereocenters. The molecule has 0 radical (unpaired) electrons. The fraction of sp³-hybridized carbons (Fsp3) is 0.536. The van der Waals surface area contributed by atoms with Crippen LogP contribution in [0.25, 0.3) is 0 Å². The van der Waals surface area contributed by atoms with E-state index in [1.165, 1.54) is 19.3 Å². The molecule has 200 valence electrons. The molecule has 0 saturated heterocycles. The monoisotopic (exact) mass is 502 g/mol. The Balaban J connectivity index is 1.61. The van der Waals surface area contributed by atoms with Crippen LogP contribution >= 0.6 is 0 Å². The summed E-state index contributed by atoms with van der Waals surface area (Å²) in [7, 11) is 1.61. The van der Waals surface area contributed by atoms with Gasteiger partial charge in [0.1, 0.15) is 18.1 Å². The van der Waals surface area contributed by atoms with Crippen molar-refractivity contribution in [1.82, 2.24) is 5.32 Å². The van der Waals surface area contributed by atoms with Crippen LogP contribution in [0.2, 0.25) is 0 Å². The first-order valence-electron chi connectivity index (χ1n) is 12.9. The first-order chi connectivity index (χ1) is 17.5.